The van der Waals surface area contributed by atoms with Crippen molar-refractivity contribution in [2.45, 2.75) is 6.04 Å². The molecule has 0 saturated carbocycles. The molecule has 5 aromatic rings. The number of anilines is 3. The summed E-state index contributed by atoms with van der Waals surface area (Å²) in [5, 5.41) is 7.47. The van der Waals surface area contributed by atoms with Crippen molar-refractivity contribution in [2.75, 3.05) is 57.1 Å². The summed E-state index contributed by atoms with van der Waals surface area (Å²) in [6.45, 7) is 2.65. The number of nitrogens with one attached hydrogen (secondary N) is 1. The van der Waals surface area contributed by atoms with Crippen LogP contribution in [0.1, 0.15) is 0 Å². The molecule has 12 nitrogen and oxygen atoms in total. The van der Waals surface area contributed by atoms with Crippen LogP contribution in [0.15, 0.2) is 67.4 Å². The zero-order valence-corrected chi connectivity index (χ0v) is 24.5. The normalized spacial score (nSPS) is 16.2. The van der Waals surface area contributed by atoms with Gasteiger partial charge in [-0.3, -0.25) is 4.79 Å². The van der Waals surface area contributed by atoms with E-state index in [-0.39, 0.29) is 41.6 Å². The average Bonchev–Trinajstić information content (AvgIpc) is 3.44. The quantitative estimate of drug-likeness (QED) is 0.270. The molecule has 2 bridgehead atoms. The second kappa shape index (κ2) is 11.6. The molecule has 0 spiro atoms. The van der Waals surface area contributed by atoms with Gasteiger partial charge in [-0.1, -0.05) is 6.08 Å². The monoisotopic (exact) mass is 613 g/mol. The number of pyridine rings is 1. The zero-order valence-electron chi connectivity index (χ0n) is 24.5. The van der Waals surface area contributed by atoms with Crippen LogP contribution < -0.4 is 19.7 Å². The number of carbonyl (C=O) groups excluding carboxylic acids is 1. The molecule has 7 rings (SSSR count). The number of halogens is 2. The molecule has 1 N–H and O–H groups in total. The number of nitrogens with zero attached hydrogens (tertiary/aromatic N) is 8. The molecule has 0 aliphatic carbocycles. The van der Waals surface area contributed by atoms with E-state index in [2.05, 4.69) is 30.3 Å². The molecule has 0 unspecified atom stereocenters. The number of carbonyl (C=O) groups is 1. The molecular formula is C31H29F2N9O3. The first-order valence-corrected chi connectivity index (χ1v) is 14.3. The van der Waals surface area contributed by atoms with Crippen molar-refractivity contribution < 1.29 is 23.0 Å². The van der Waals surface area contributed by atoms with Crippen molar-refractivity contribution in [3.63, 3.8) is 0 Å². The zero-order chi connectivity index (χ0) is 31.1. The fourth-order valence-electron chi connectivity index (χ4n) is 5.56. The van der Waals surface area contributed by atoms with Gasteiger partial charge in [0.15, 0.2) is 28.8 Å². The number of piperazine rings is 1. The summed E-state index contributed by atoms with van der Waals surface area (Å²) in [7, 11) is 3.89. The minimum absolute atomic E-state index is 0.0596. The van der Waals surface area contributed by atoms with Crippen molar-refractivity contribution >= 4 is 39.6 Å². The first-order chi connectivity index (χ1) is 21.8. The molecule has 0 radical (unpaired) electrons. The Balaban J connectivity index is 1.16. The number of ether oxygens (including phenoxy) is 2. The van der Waals surface area contributed by atoms with Crippen LogP contribution in [0.25, 0.3) is 16.6 Å². The van der Waals surface area contributed by atoms with Crippen molar-refractivity contribution in [2.24, 2.45) is 0 Å². The standard InChI is InChI=1S/C31H29F2N9O3/c1-39(2)8-3-4-28(43)41-11-10-40-15-19(41)16-44-30-25(40)6-5-23-29(30)31(36-17-34-23)38-24-13-22(33)26(14-21(24)32)45-20-7-9-42-27(12-20)35-18-37-42/h3-7,9,12-14,17-19H,8,10-11,15-16H2,1-2H3,(H,34,36,38)/b4-3+/t19-/m1/s1. The van der Waals surface area contributed by atoms with Gasteiger partial charge in [-0.25, -0.2) is 28.2 Å². The average molecular weight is 614 g/mol. The minimum Gasteiger partial charge on any atom is -0.488 e. The van der Waals surface area contributed by atoms with Gasteiger partial charge in [0.05, 0.1) is 28.3 Å². The maximum Gasteiger partial charge on any atom is 0.246 e. The van der Waals surface area contributed by atoms with Crippen molar-refractivity contribution in [3.8, 4) is 17.2 Å². The lowest BCUT2D eigenvalue weighted by Crippen LogP contribution is -2.56. The molecule has 2 aromatic carbocycles. The molecule has 2 aliphatic heterocycles. The molecule has 230 valence electrons. The first kappa shape index (κ1) is 28.4. The van der Waals surface area contributed by atoms with Gasteiger partial charge in [0.1, 0.15) is 30.8 Å². The number of aromatic nitrogens is 5. The van der Waals surface area contributed by atoms with Gasteiger partial charge in [-0.15, -0.1) is 0 Å². The van der Waals surface area contributed by atoms with E-state index >= 15 is 8.78 Å². The molecule has 5 heterocycles. The number of rotatable bonds is 7. The van der Waals surface area contributed by atoms with Gasteiger partial charge in [-0.05, 0) is 32.3 Å². The molecule has 2 aliphatic rings. The predicted octanol–water partition coefficient (Wildman–Crippen LogP) is 4.01. The second-order valence-corrected chi connectivity index (χ2v) is 11.1. The summed E-state index contributed by atoms with van der Waals surface area (Å²) in [5.74, 6) is -0.837. The van der Waals surface area contributed by atoms with E-state index in [1.165, 1.54) is 17.2 Å². The molecule has 3 aromatic heterocycles. The van der Waals surface area contributed by atoms with Crippen LogP contribution >= 0.6 is 0 Å². The summed E-state index contributed by atoms with van der Waals surface area (Å²) in [6, 6.07) is 8.72. The van der Waals surface area contributed by atoms with Gasteiger partial charge in [0.25, 0.3) is 0 Å². The largest absolute Gasteiger partial charge is 0.488 e. The highest BCUT2D eigenvalue weighted by Crippen LogP contribution is 2.42. The lowest BCUT2D eigenvalue weighted by molar-refractivity contribution is -0.129. The molecule has 1 atom stereocenters. The van der Waals surface area contributed by atoms with E-state index < -0.39 is 11.6 Å². The third kappa shape index (κ3) is 5.55. The number of fused-ring (bicyclic) bond motifs is 7. The smallest absolute Gasteiger partial charge is 0.246 e. The Bertz CT molecular complexity index is 1950. The molecule has 1 amide bonds. The minimum atomic E-state index is -0.780. The van der Waals surface area contributed by atoms with E-state index in [0.29, 0.717) is 48.5 Å². The van der Waals surface area contributed by atoms with Gasteiger partial charge >= 0.3 is 0 Å². The lowest BCUT2D eigenvalue weighted by atomic mass is 10.1. The highest BCUT2D eigenvalue weighted by atomic mass is 19.1. The maximum absolute atomic E-state index is 15.4. The number of likely N-dealkylation sites (N-methyl/N-ethyl adjacent to an activating group) is 1. The first-order valence-electron chi connectivity index (χ1n) is 14.3. The highest BCUT2D eigenvalue weighted by Gasteiger charge is 2.35. The summed E-state index contributed by atoms with van der Waals surface area (Å²) < 4.78 is 44.1. The molecule has 45 heavy (non-hydrogen) atoms. The summed E-state index contributed by atoms with van der Waals surface area (Å²) >= 11 is 0. The summed E-state index contributed by atoms with van der Waals surface area (Å²) in [4.78, 5) is 31.8. The molecule has 1 fully saturated rings. The van der Waals surface area contributed by atoms with Crippen LogP contribution in [0.5, 0.6) is 17.2 Å². The molecule has 1 saturated heterocycles. The van der Waals surface area contributed by atoms with Gasteiger partial charge in [0.2, 0.25) is 5.91 Å². The maximum atomic E-state index is 15.4. The summed E-state index contributed by atoms with van der Waals surface area (Å²) in [5.41, 5.74) is 1.74. The van der Waals surface area contributed by atoms with Crippen molar-refractivity contribution in [3.05, 3.63) is 79.0 Å². The van der Waals surface area contributed by atoms with Crippen LogP contribution in [0.2, 0.25) is 0 Å². The van der Waals surface area contributed by atoms with Crippen LogP contribution in [-0.4, -0.2) is 93.2 Å². The topological polar surface area (TPSA) is 113 Å². The Morgan fingerprint density at radius 1 is 1.11 bits per heavy atom. The SMILES string of the molecule is CN(C)C/C=C/C(=O)N1CCN2C[C@@H]1COc1c2ccc2ncnc(Nc3cc(F)c(Oc4ccn5ncnc5c4)cc3F)c12. The predicted molar refractivity (Wildman–Crippen MR) is 163 cm³/mol. The van der Waals surface area contributed by atoms with E-state index in [4.69, 9.17) is 9.47 Å². The fraction of sp³-hybridized carbons (Fsp3) is 0.258. The Hall–Kier alpha value is -5.37. The summed E-state index contributed by atoms with van der Waals surface area (Å²) in [6.07, 6.45) is 7.79. The third-order valence-corrected chi connectivity index (χ3v) is 7.75. The number of hydrogen-bond acceptors (Lipinski definition) is 10. The number of amides is 1. The third-order valence-electron chi connectivity index (χ3n) is 7.75. The lowest BCUT2D eigenvalue weighted by Gasteiger charge is -2.39. The Kier molecular flexibility index (Phi) is 7.33. The number of hydrogen-bond donors (Lipinski definition) is 1. The van der Waals surface area contributed by atoms with Crippen LogP contribution in [-0.2, 0) is 4.79 Å². The Morgan fingerprint density at radius 3 is 2.87 bits per heavy atom. The Labute approximate surface area is 256 Å². The van der Waals surface area contributed by atoms with Gasteiger partial charge in [0, 0.05) is 56.7 Å². The van der Waals surface area contributed by atoms with Crippen LogP contribution in [0.3, 0.4) is 0 Å². The van der Waals surface area contributed by atoms with E-state index in [9.17, 15) is 4.79 Å². The van der Waals surface area contributed by atoms with Gasteiger partial charge < -0.3 is 29.5 Å². The van der Waals surface area contributed by atoms with E-state index in [1.807, 2.05) is 42.1 Å². The molecular weight excluding hydrogens is 584 g/mol. The van der Waals surface area contributed by atoms with Gasteiger partial charge in [-0.2, -0.15) is 5.10 Å². The van der Waals surface area contributed by atoms with Crippen molar-refractivity contribution in [1.82, 2.24) is 34.4 Å². The second-order valence-electron chi connectivity index (χ2n) is 11.1. The highest BCUT2D eigenvalue weighted by molar-refractivity contribution is 6.00. The van der Waals surface area contributed by atoms with E-state index in [0.717, 1.165) is 17.8 Å². The fourth-order valence-corrected chi connectivity index (χ4v) is 5.56. The number of benzene rings is 2. The Morgan fingerprint density at radius 2 is 2.00 bits per heavy atom. The van der Waals surface area contributed by atoms with Crippen LogP contribution in [0.4, 0.5) is 26.0 Å². The van der Waals surface area contributed by atoms with E-state index in [1.54, 1.807) is 24.4 Å². The van der Waals surface area contributed by atoms with Crippen molar-refractivity contribution in [1.29, 1.82) is 0 Å². The molecule has 14 heteroatoms. The van der Waals surface area contributed by atoms with Crippen LogP contribution in [0, 0.1) is 11.6 Å².